The van der Waals surface area contributed by atoms with E-state index >= 15 is 0 Å². The van der Waals surface area contributed by atoms with Gasteiger partial charge in [-0.05, 0) is 49.7 Å². The summed E-state index contributed by atoms with van der Waals surface area (Å²) in [6, 6.07) is 12.1. The van der Waals surface area contributed by atoms with Crippen molar-refractivity contribution in [1.82, 2.24) is 10.3 Å². The van der Waals surface area contributed by atoms with Crippen molar-refractivity contribution in [3.63, 3.8) is 0 Å². The van der Waals surface area contributed by atoms with Crippen LogP contribution in [0.3, 0.4) is 0 Å². The molecule has 1 aromatic carbocycles. The summed E-state index contributed by atoms with van der Waals surface area (Å²) in [5, 5.41) is 3.41. The molecule has 6 heteroatoms. The Morgan fingerprint density at radius 1 is 1.00 bits per heavy atom. The SMILES string of the molecule is COc1ccc(CCNCc2cccc(C)n2)cc1OC.Cl.Cl. The van der Waals surface area contributed by atoms with Gasteiger partial charge in [0, 0.05) is 12.2 Å². The monoisotopic (exact) mass is 358 g/mol. The number of pyridine rings is 1. The van der Waals surface area contributed by atoms with E-state index in [2.05, 4.69) is 16.4 Å². The maximum absolute atomic E-state index is 5.31. The molecule has 0 spiro atoms. The van der Waals surface area contributed by atoms with Crippen molar-refractivity contribution in [3.8, 4) is 11.5 Å². The van der Waals surface area contributed by atoms with Crippen LogP contribution in [0.4, 0.5) is 0 Å². The number of halogens is 2. The topological polar surface area (TPSA) is 43.4 Å². The van der Waals surface area contributed by atoms with Crippen LogP contribution in [0.25, 0.3) is 0 Å². The smallest absolute Gasteiger partial charge is 0.160 e. The first-order valence-corrected chi connectivity index (χ1v) is 7.07. The Morgan fingerprint density at radius 2 is 1.74 bits per heavy atom. The van der Waals surface area contributed by atoms with Crippen molar-refractivity contribution in [3.05, 3.63) is 53.3 Å². The van der Waals surface area contributed by atoms with Crippen LogP contribution < -0.4 is 14.8 Å². The van der Waals surface area contributed by atoms with Crippen molar-refractivity contribution >= 4 is 24.8 Å². The van der Waals surface area contributed by atoms with Gasteiger partial charge in [-0.15, -0.1) is 24.8 Å². The predicted octanol–water partition coefficient (Wildman–Crippen LogP) is 3.58. The summed E-state index contributed by atoms with van der Waals surface area (Å²) in [5.74, 6) is 1.54. The molecule has 1 aromatic heterocycles. The van der Waals surface area contributed by atoms with Crippen molar-refractivity contribution < 1.29 is 9.47 Å². The molecule has 1 N–H and O–H groups in total. The standard InChI is InChI=1S/C17H22N2O2.2ClH/c1-13-5-4-6-15(19-13)12-18-10-9-14-7-8-16(20-2)17(11-14)21-3;;/h4-8,11,18H,9-10,12H2,1-3H3;2*1H. The molecule has 0 fully saturated rings. The van der Waals surface area contributed by atoms with E-state index in [-0.39, 0.29) is 24.8 Å². The van der Waals surface area contributed by atoms with Crippen LogP contribution >= 0.6 is 24.8 Å². The largest absolute Gasteiger partial charge is 0.493 e. The van der Waals surface area contributed by atoms with Gasteiger partial charge in [0.1, 0.15) is 0 Å². The molecule has 0 radical (unpaired) electrons. The molecule has 0 aliphatic heterocycles. The van der Waals surface area contributed by atoms with E-state index < -0.39 is 0 Å². The van der Waals surface area contributed by atoms with Crippen molar-refractivity contribution in [2.45, 2.75) is 19.9 Å². The molecule has 4 nitrogen and oxygen atoms in total. The zero-order valence-electron chi connectivity index (χ0n) is 13.7. The summed E-state index contributed by atoms with van der Waals surface area (Å²) in [6.07, 6.45) is 0.937. The molecule has 2 aromatic rings. The number of hydrogen-bond donors (Lipinski definition) is 1. The van der Waals surface area contributed by atoms with Gasteiger partial charge in [0.15, 0.2) is 11.5 Å². The quantitative estimate of drug-likeness (QED) is 0.768. The third kappa shape index (κ3) is 6.65. The fourth-order valence-electron chi connectivity index (χ4n) is 2.18. The maximum atomic E-state index is 5.31. The molecule has 0 bridgehead atoms. The van der Waals surface area contributed by atoms with Crippen LogP contribution in [-0.2, 0) is 13.0 Å². The molecule has 0 aliphatic carbocycles. The van der Waals surface area contributed by atoms with Crippen LogP contribution in [-0.4, -0.2) is 25.7 Å². The van der Waals surface area contributed by atoms with Gasteiger partial charge >= 0.3 is 0 Å². The molecule has 1 heterocycles. The second-order valence-corrected chi connectivity index (χ2v) is 4.89. The van der Waals surface area contributed by atoms with Gasteiger partial charge in [-0.25, -0.2) is 0 Å². The Balaban J connectivity index is 0.00000242. The minimum absolute atomic E-state index is 0. The van der Waals surface area contributed by atoms with Gasteiger partial charge in [-0.1, -0.05) is 12.1 Å². The second-order valence-electron chi connectivity index (χ2n) is 4.89. The third-order valence-electron chi connectivity index (χ3n) is 3.29. The summed E-state index contributed by atoms with van der Waals surface area (Å²) >= 11 is 0. The average molecular weight is 359 g/mol. The lowest BCUT2D eigenvalue weighted by atomic mass is 10.1. The highest BCUT2D eigenvalue weighted by Gasteiger charge is 2.04. The lowest BCUT2D eigenvalue weighted by molar-refractivity contribution is 0.354. The lowest BCUT2D eigenvalue weighted by Crippen LogP contribution is -2.17. The summed E-state index contributed by atoms with van der Waals surface area (Å²) in [7, 11) is 3.30. The Bertz CT molecular complexity index is 595. The van der Waals surface area contributed by atoms with Gasteiger partial charge in [0.2, 0.25) is 0 Å². The van der Waals surface area contributed by atoms with E-state index in [9.17, 15) is 0 Å². The molecule has 0 aliphatic rings. The van der Waals surface area contributed by atoms with E-state index in [0.717, 1.165) is 42.4 Å². The lowest BCUT2D eigenvalue weighted by Gasteiger charge is -2.10. The third-order valence-corrected chi connectivity index (χ3v) is 3.29. The van der Waals surface area contributed by atoms with E-state index in [1.165, 1.54) is 5.56 Å². The number of nitrogens with one attached hydrogen (secondary N) is 1. The van der Waals surface area contributed by atoms with Crippen molar-refractivity contribution in [2.24, 2.45) is 0 Å². The Labute approximate surface area is 150 Å². The fourth-order valence-corrected chi connectivity index (χ4v) is 2.18. The van der Waals surface area contributed by atoms with Crippen molar-refractivity contribution in [2.75, 3.05) is 20.8 Å². The summed E-state index contributed by atoms with van der Waals surface area (Å²) in [4.78, 5) is 4.47. The number of nitrogens with zero attached hydrogens (tertiary/aromatic N) is 1. The minimum atomic E-state index is 0. The Hall–Kier alpha value is -1.49. The number of hydrogen-bond acceptors (Lipinski definition) is 4. The first kappa shape index (κ1) is 21.5. The highest BCUT2D eigenvalue weighted by molar-refractivity contribution is 5.85. The van der Waals surface area contributed by atoms with E-state index in [4.69, 9.17) is 9.47 Å². The average Bonchev–Trinajstić information content (AvgIpc) is 2.51. The molecule has 0 saturated heterocycles. The van der Waals surface area contributed by atoms with E-state index in [1.807, 2.05) is 37.3 Å². The zero-order valence-corrected chi connectivity index (χ0v) is 15.3. The van der Waals surface area contributed by atoms with Crippen LogP contribution in [0.1, 0.15) is 17.0 Å². The number of aromatic nitrogens is 1. The van der Waals surface area contributed by atoms with Gasteiger partial charge in [-0.2, -0.15) is 0 Å². The maximum Gasteiger partial charge on any atom is 0.160 e. The molecule has 2 rings (SSSR count). The molecular weight excluding hydrogens is 335 g/mol. The zero-order chi connectivity index (χ0) is 15.1. The second kappa shape index (κ2) is 11.1. The van der Waals surface area contributed by atoms with E-state index in [0.29, 0.717) is 0 Å². The molecular formula is C17H24Cl2N2O2. The highest BCUT2D eigenvalue weighted by atomic mass is 35.5. The summed E-state index contributed by atoms with van der Waals surface area (Å²) in [5.41, 5.74) is 3.34. The van der Waals surface area contributed by atoms with Gasteiger partial charge < -0.3 is 14.8 Å². The highest BCUT2D eigenvalue weighted by Crippen LogP contribution is 2.27. The number of benzene rings is 1. The van der Waals surface area contributed by atoms with Crippen molar-refractivity contribution in [1.29, 1.82) is 0 Å². The molecule has 128 valence electrons. The van der Waals surface area contributed by atoms with Gasteiger partial charge in [0.05, 0.1) is 19.9 Å². The fraction of sp³-hybridized carbons (Fsp3) is 0.353. The Morgan fingerprint density at radius 3 is 2.39 bits per heavy atom. The Kier molecular flexibility index (Phi) is 10.4. The minimum Gasteiger partial charge on any atom is -0.493 e. The number of ether oxygens (including phenoxy) is 2. The van der Waals surface area contributed by atoms with Gasteiger partial charge in [0.25, 0.3) is 0 Å². The number of aryl methyl sites for hydroxylation is 1. The normalized spacial score (nSPS) is 9.52. The summed E-state index contributed by atoms with van der Waals surface area (Å²) < 4.78 is 10.5. The first-order valence-electron chi connectivity index (χ1n) is 7.07. The molecule has 0 unspecified atom stereocenters. The number of methoxy groups -OCH3 is 2. The molecule has 0 atom stereocenters. The van der Waals surface area contributed by atoms with E-state index in [1.54, 1.807) is 14.2 Å². The van der Waals surface area contributed by atoms with Crippen LogP contribution in [0.15, 0.2) is 36.4 Å². The van der Waals surface area contributed by atoms with Gasteiger partial charge in [-0.3, -0.25) is 4.98 Å². The van der Waals surface area contributed by atoms with Crippen LogP contribution in [0.5, 0.6) is 11.5 Å². The predicted molar refractivity (Wildman–Crippen MR) is 98.4 cm³/mol. The number of rotatable bonds is 7. The molecule has 0 amide bonds. The van der Waals surface area contributed by atoms with Crippen LogP contribution in [0, 0.1) is 6.92 Å². The molecule has 23 heavy (non-hydrogen) atoms. The first-order chi connectivity index (χ1) is 10.2. The summed E-state index contributed by atoms with van der Waals surface area (Å²) in [6.45, 7) is 3.69. The van der Waals surface area contributed by atoms with Crippen LogP contribution in [0.2, 0.25) is 0 Å². The molecule has 0 saturated carbocycles.